The van der Waals surface area contributed by atoms with Crippen molar-refractivity contribution in [1.29, 1.82) is 5.26 Å². The lowest BCUT2D eigenvalue weighted by Crippen LogP contribution is -2.32. The minimum absolute atomic E-state index is 0.284. The molecule has 0 radical (unpaired) electrons. The van der Waals surface area contributed by atoms with Gasteiger partial charge in [-0.25, -0.2) is 0 Å². The topological polar surface area (TPSA) is 74.9 Å². The third kappa shape index (κ3) is 4.21. The highest BCUT2D eigenvalue weighted by molar-refractivity contribution is 6.30. The third-order valence-corrected chi connectivity index (χ3v) is 3.59. The average molecular weight is 330 g/mol. The van der Waals surface area contributed by atoms with E-state index in [0.717, 1.165) is 6.42 Å². The third-order valence-electron chi connectivity index (χ3n) is 3.36. The first-order valence-electron chi connectivity index (χ1n) is 7.24. The van der Waals surface area contributed by atoms with Crippen LogP contribution in [-0.4, -0.2) is 10.5 Å². The minimum Gasteiger partial charge on any atom is -0.324 e. The Balaban J connectivity index is 2.30. The summed E-state index contributed by atoms with van der Waals surface area (Å²) in [5.74, 6) is -0.314. The lowest BCUT2D eigenvalue weighted by Gasteiger charge is -2.19. The number of benzene rings is 1. The quantitative estimate of drug-likeness (QED) is 0.914. The van der Waals surface area contributed by atoms with Crippen molar-refractivity contribution in [3.63, 3.8) is 0 Å². The summed E-state index contributed by atoms with van der Waals surface area (Å²) >= 11 is 5.94. The fraction of sp³-hybridized carbons (Fsp3) is 0.235. The average Bonchev–Trinajstić information content (AvgIpc) is 2.55. The molecule has 0 aliphatic rings. The number of nitrogens with one attached hydrogen (secondary N) is 1. The maximum absolute atomic E-state index is 12.6. The van der Waals surface area contributed by atoms with Crippen LogP contribution in [0.25, 0.3) is 0 Å². The van der Waals surface area contributed by atoms with Crippen LogP contribution in [-0.2, 0) is 4.79 Å². The number of amides is 1. The number of halogens is 1. The molecule has 118 valence electrons. The van der Waals surface area contributed by atoms with Crippen LogP contribution in [0.15, 0.2) is 47.4 Å². The molecule has 1 amide bonds. The molecule has 1 heterocycles. The Hall–Kier alpha value is -2.58. The molecule has 5 nitrogen and oxygen atoms in total. The summed E-state index contributed by atoms with van der Waals surface area (Å²) in [5, 5.41) is 12.1. The van der Waals surface area contributed by atoms with Gasteiger partial charge in [0.05, 0.1) is 16.7 Å². The summed E-state index contributed by atoms with van der Waals surface area (Å²) in [6.45, 7) is 1.94. The van der Waals surface area contributed by atoms with Crippen molar-refractivity contribution in [1.82, 2.24) is 4.57 Å². The number of anilines is 1. The predicted molar refractivity (Wildman–Crippen MR) is 89.4 cm³/mol. The molecule has 0 aliphatic heterocycles. The smallest absolute Gasteiger partial charge is 0.251 e. The van der Waals surface area contributed by atoms with Gasteiger partial charge in [-0.15, -0.1) is 0 Å². The molecule has 1 N–H and O–H groups in total. The molecule has 0 bridgehead atoms. The minimum atomic E-state index is -0.656. The Labute approximate surface area is 139 Å². The van der Waals surface area contributed by atoms with Crippen molar-refractivity contribution in [3.8, 4) is 6.07 Å². The highest BCUT2D eigenvalue weighted by Crippen LogP contribution is 2.18. The number of carbonyl (C=O) groups is 1. The number of pyridine rings is 1. The summed E-state index contributed by atoms with van der Waals surface area (Å²) in [5.41, 5.74) is 0.689. The van der Waals surface area contributed by atoms with E-state index < -0.39 is 6.04 Å². The summed E-state index contributed by atoms with van der Waals surface area (Å²) < 4.78 is 1.34. The van der Waals surface area contributed by atoms with Gasteiger partial charge in [0.25, 0.3) is 5.56 Å². The molecule has 0 saturated heterocycles. The SMILES string of the molecule is CCCC(C(=O)Nc1cccc(C#N)c1)n1cc(Cl)ccc1=O. The molecule has 1 unspecified atom stereocenters. The van der Waals surface area contributed by atoms with Gasteiger partial charge in [-0.05, 0) is 30.7 Å². The molecule has 2 rings (SSSR count). The van der Waals surface area contributed by atoms with Crippen molar-refractivity contribution < 1.29 is 4.79 Å². The van der Waals surface area contributed by atoms with Gasteiger partial charge in [0, 0.05) is 18.0 Å². The monoisotopic (exact) mass is 329 g/mol. The van der Waals surface area contributed by atoms with Crippen molar-refractivity contribution in [2.24, 2.45) is 0 Å². The van der Waals surface area contributed by atoms with E-state index in [1.165, 1.54) is 22.9 Å². The first-order chi connectivity index (χ1) is 11.0. The Morgan fingerprint density at radius 2 is 2.17 bits per heavy atom. The second kappa shape index (κ2) is 7.61. The van der Waals surface area contributed by atoms with Gasteiger partial charge in [-0.1, -0.05) is 31.0 Å². The van der Waals surface area contributed by atoms with Crippen LogP contribution < -0.4 is 10.9 Å². The molecule has 1 atom stereocenters. The Bertz CT molecular complexity index is 808. The van der Waals surface area contributed by atoms with Crippen LogP contribution in [0, 0.1) is 11.3 Å². The Kier molecular flexibility index (Phi) is 5.56. The lowest BCUT2D eigenvalue weighted by molar-refractivity contribution is -0.119. The molecular formula is C17H16ClN3O2. The van der Waals surface area contributed by atoms with Crippen LogP contribution in [0.3, 0.4) is 0 Å². The van der Waals surface area contributed by atoms with Crippen LogP contribution in [0.5, 0.6) is 0 Å². The number of nitriles is 1. The molecule has 0 aliphatic carbocycles. The Morgan fingerprint density at radius 3 is 2.87 bits per heavy atom. The summed E-state index contributed by atoms with van der Waals surface area (Å²) in [4.78, 5) is 24.6. The van der Waals surface area contributed by atoms with Crippen molar-refractivity contribution in [3.05, 3.63) is 63.5 Å². The van der Waals surface area contributed by atoms with Gasteiger partial charge in [-0.3, -0.25) is 9.59 Å². The first-order valence-corrected chi connectivity index (χ1v) is 7.61. The van der Waals surface area contributed by atoms with Crippen molar-refractivity contribution in [2.45, 2.75) is 25.8 Å². The molecule has 0 saturated carbocycles. The van der Waals surface area contributed by atoms with Crippen LogP contribution in [0.4, 0.5) is 5.69 Å². The highest BCUT2D eigenvalue weighted by Gasteiger charge is 2.21. The van der Waals surface area contributed by atoms with E-state index in [2.05, 4.69) is 5.32 Å². The number of nitrogens with zero attached hydrogens (tertiary/aromatic N) is 2. The zero-order chi connectivity index (χ0) is 16.8. The molecule has 0 spiro atoms. The van der Waals surface area contributed by atoms with Crippen molar-refractivity contribution in [2.75, 3.05) is 5.32 Å². The van der Waals surface area contributed by atoms with E-state index in [1.807, 2.05) is 13.0 Å². The van der Waals surface area contributed by atoms with E-state index in [1.54, 1.807) is 24.3 Å². The standard InChI is InChI=1S/C17H16ClN3O2/c1-2-4-15(21-11-13(18)7-8-16(21)22)17(23)20-14-6-3-5-12(9-14)10-19/h3,5-9,11,15H,2,4H2,1H3,(H,20,23). The number of hydrogen-bond donors (Lipinski definition) is 1. The van der Waals surface area contributed by atoms with E-state index in [-0.39, 0.29) is 11.5 Å². The number of carbonyl (C=O) groups excluding carboxylic acids is 1. The maximum atomic E-state index is 12.6. The summed E-state index contributed by atoms with van der Waals surface area (Å²) in [6, 6.07) is 10.8. The zero-order valence-electron chi connectivity index (χ0n) is 12.6. The fourth-order valence-electron chi connectivity index (χ4n) is 2.28. The first kappa shape index (κ1) is 16.8. The van der Waals surface area contributed by atoms with Crippen LogP contribution in [0.1, 0.15) is 31.4 Å². The number of aromatic nitrogens is 1. The highest BCUT2D eigenvalue weighted by atomic mass is 35.5. The van der Waals surface area contributed by atoms with E-state index >= 15 is 0 Å². The van der Waals surface area contributed by atoms with Crippen molar-refractivity contribution >= 4 is 23.2 Å². The van der Waals surface area contributed by atoms with Crippen LogP contribution >= 0.6 is 11.6 Å². The summed E-state index contributed by atoms with van der Waals surface area (Å²) in [6.07, 6.45) is 2.70. The van der Waals surface area contributed by atoms with Gasteiger partial charge in [-0.2, -0.15) is 5.26 Å². The van der Waals surface area contributed by atoms with Gasteiger partial charge in [0.2, 0.25) is 5.91 Å². The zero-order valence-corrected chi connectivity index (χ0v) is 13.4. The van der Waals surface area contributed by atoms with Gasteiger partial charge >= 0.3 is 0 Å². The van der Waals surface area contributed by atoms with E-state index in [0.29, 0.717) is 22.7 Å². The molecule has 2 aromatic rings. The number of hydrogen-bond acceptors (Lipinski definition) is 3. The largest absolute Gasteiger partial charge is 0.324 e. The fourth-order valence-corrected chi connectivity index (χ4v) is 2.45. The molecule has 1 aromatic carbocycles. The second-order valence-corrected chi connectivity index (χ2v) is 5.52. The van der Waals surface area contributed by atoms with E-state index in [9.17, 15) is 9.59 Å². The maximum Gasteiger partial charge on any atom is 0.251 e. The van der Waals surface area contributed by atoms with E-state index in [4.69, 9.17) is 16.9 Å². The molecule has 1 aromatic heterocycles. The van der Waals surface area contributed by atoms with Gasteiger partial charge < -0.3 is 9.88 Å². The Morgan fingerprint density at radius 1 is 1.39 bits per heavy atom. The predicted octanol–water partition coefficient (Wildman–Crippen LogP) is 3.35. The second-order valence-electron chi connectivity index (χ2n) is 5.08. The van der Waals surface area contributed by atoms with Gasteiger partial charge in [0.1, 0.15) is 6.04 Å². The molecule has 23 heavy (non-hydrogen) atoms. The molecule has 6 heteroatoms. The van der Waals surface area contributed by atoms with Gasteiger partial charge in [0.15, 0.2) is 0 Å². The lowest BCUT2D eigenvalue weighted by atomic mass is 10.1. The molecule has 0 fully saturated rings. The number of rotatable bonds is 5. The summed E-state index contributed by atoms with van der Waals surface area (Å²) in [7, 11) is 0. The normalized spacial score (nSPS) is 11.5. The molecular weight excluding hydrogens is 314 g/mol. The van der Waals surface area contributed by atoms with Crippen LogP contribution in [0.2, 0.25) is 5.02 Å².